The van der Waals surface area contributed by atoms with Gasteiger partial charge in [-0.3, -0.25) is 37.3 Å². The van der Waals surface area contributed by atoms with Gasteiger partial charge in [-0.15, -0.1) is 0 Å². The third-order valence-corrected chi connectivity index (χ3v) is 19.9. The molecule has 3 N–H and O–H groups in total. The molecule has 5 atom stereocenters. The summed E-state index contributed by atoms with van der Waals surface area (Å²) in [5.74, 6) is -0.558. The summed E-state index contributed by atoms with van der Waals surface area (Å²) >= 11 is 0. The van der Waals surface area contributed by atoms with Crippen molar-refractivity contribution in [2.24, 2.45) is 11.8 Å². The summed E-state index contributed by atoms with van der Waals surface area (Å²) < 4.78 is 68.6. The third-order valence-electron chi connectivity index (χ3n) is 18.0. The Bertz CT molecular complexity index is 1860. The lowest BCUT2D eigenvalue weighted by atomic mass is 10.0. The zero-order valence-electron chi connectivity index (χ0n) is 62.7. The number of phosphoric acid groups is 2. The summed E-state index contributed by atoms with van der Waals surface area (Å²) in [4.78, 5) is 72.8. The number of phosphoric ester groups is 2. The minimum Gasteiger partial charge on any atom is -0.462 e. The predicted molar refractivity (Wildman–Crippen MR) is 391 cm³/mol. The average Bonchev–Trinajstić information content (AvgIpc) is 1.51. The molecule has 96 heavy (non-hydrogen) atoms. The summed E-state index contributed by atoms with van der Waals surface area (Å²) in [5, 5.41) is 10.6. The smallest absolute Gasteiger partial charge is 0.462 e. The maximum atomic E-state index is 13.1. The van der Waals surface area contributed by atoms with Gasteiger partial charge in [-0.05, 0) is 37.5 Å². The van der Waals surface area contributed by atoms with Crippen LogP contribution in [-0.4, -0.2) is 96.7 Å². The molecule has 570 valence electrons. The van der Waals surface area contributed by atoms with Crippen LogP contribution in [0.5, 0.6) is 0 Å². The Morgan fingerprint density at radius 2 is 0.479 bits per heavy atom. The Balaban J connectivity index is 5.24. The van der Waals surface area contributed by atoms with Crippen LogP contribution in [0.3, 0.4) is 0 Å². The van der Waals surface area contributed by atoms with Gasteiger partial charge in [0.05, 0.1) is 26.4 Å². The van der Waals surface area contributed by atoms with Gasteiger partial charge in [-0.1, -0.05) is 350 Å². The maximum absolute atomic E-state index is 13.1. The quantitative estimate of drug-likeness (QED) is 0.0222. The summed E-state index contributed by atoms with van der Waals surface area (Å²) in [6, 6.07) is 0. The largest absolute Gasteiger partial charge is 0.472 e. The van der Waals surface area contributed by atoms with Crippen LogP contribution >= 0.6 is 15.6 Å². The van der Waals surface area contributed by atoms with Gasteiger partial charge in [0.25, 0.3) is 0 Å². The van der Waals surface area contributed by atoms with Crippen LogP contribution in [0, 0.1) is 11.8 Å². The molecule has 0 amide bonds. The molecule has 0 aromatic rings. The number of hydrogen-bond acceptors (Lipinski definition) is 15. The van der Waals surface area contributed by atoms with E-state index in [0.29, 0.717) is 25.7 Å². The van der Waals surface area contributed by atoms with Crippen LogP contribution in [0.1, 0.15) is 401 Å². The highest BCUT2D eigenvalue weighted by Gasteiger charge is 2.30. The van der Waals surface area contributed by atoms with Crippen molar-refractivity contribution in [3.63, 3.8) is 0 Å². The van der Waals surface area contributed by atoms with Gasteiger partial charge >= 0.3 is 39.5 Å². The van der Waals surface area contributed by atoms with E-state index in [1.54, 1.807) is 0 Å². The fourth-order valence-corrected chi connectivity index (χ4v) is 13.4. The average molecular weight is 1410 g/mol. The van der Waals surface area contributed by atoms with Gasteiger partial charge < -0.3 is 33.8 Å². The van der Waals surface area contributed by atoms with Crippen LogP contribution in [0.15, 0.2) is 0 Å². The molecular weight excluding hydrogens is 1260 g/mol. The van der Waals surface area contributed by atoms with Crippen molar-refractivity contribution in [1.82, 2.24) is 0 Å². The minimum atomic E-state index is -4.96. The van der Waals surface area contributed by atoms with Crippen molar-refractivity contribution in [2.75, 3.05) is 39.6 Å². The number of carbonyl (C=O) groups is 4. The zero-order chi connectivity index (χ0) is 70.7. The number of rotatable bonds is 76. The standard InChI is InChI=1S/C77H150O17P2/c1-7-9-11-13-15-17-19-20-22-26-29-36-42-48-54-60-75(80)88-66-73(93-76(81)61-55-49-43-37-30-27-24-21-23-25-28-33-39-45-51-57-69(3)4)68-92-96(85,86)90-64-71(78)63-89-95(83,84)91-67-72(65-87-74(79)59-53-47-41-35-18-16-14-12-10-8-2)94-77(82)62-56-50-44-38-32-31-34-40-46-52-58-70(5)6/h69-73,78H,7-68H2,1-6H3,(H,83,84)(H,85,86)/t71-,72+,73+/m0/s1. The van der Waals surface area contributed by atoms with Crippen LogP contribution < -0.4 is 0 Å². The number of aliphatic hydroxyl groups excluding tert-OH is 1. The fourth-order valence-electron chi connectivity index (χ4n) is 11.8. The second-order valence-electron chi connectivity index (χ2n) is 28.7. The van der Waals surface area contributed by atoms with E-state index >= 15 is 0 Å². The Morgan fingerprint density at radius 1 is 0.281 bits per heavy atom. The molecule has 0 saturated heterocycles. The summed E-state index contributed by atoms with van der Waals surface area (Å²) in [5.41, 5.74) is 0. The minimum absolute atomic E-state index is 0.106. The molecule has 0 aromatic heterocycles. The summed E-state index contributed by atoms with van der Waals surface area (Å²) in [6.07, 6.45) is 56.8. The Kier molecular flexibility index (Phi) is 67.4. The molecule has 0 aromatic carbocycles. The lowest BCUT2D eigenvalue weighted by Crippen LogP contribution is -2.30. The molecule has 19 heteroatoms. The topological polar surface area (TPSA) is 237 Å². The maximum Gasteiger partial charge on any atom is 0.472 e. The first-order chi connectivity index (χ1) is 46.4. The lowest BCUT2D eigenvalue weighted by molar-refractivity contribution is -0.161. The SMILES string of the molecule is CCCCCCCCCCCCCCCCCC(=O)OC[C@H](COP(=O)(O)OC[C@@H](O)COP(=O)(O)OC[C@@H](COC(=O)CCCCCCCCCCCC)OC(=O)CCCCCCCCCCCCC(C)C)OC(=O)CCCCCCCCCCCCCCCCCC(C)C. The molecule has 0 aliphatic carbocycles. The summed E-state index contributed by atoms with van der Waals surface area (Å²) in [6.45, 7) is 9.62. The lowest BCUT2D eigenvalue weighted by Gasteiger charge is -2.21. The molecule has 0 saturated carbocycles. The van der Waals surface area contributed by atoms with E-state index in [1.165, 1.54) is 218 Å². The molecular formula is C77H150O17P2. The normalized spacial score (nSPS) is 14.0. The molecule has 0 aliphatic rings. The number of carbonyl (C=O) groups excluding carboxylic acids is 4. The molecule has 0 rings (SSSR count). The van der Waals surface area contributed by atoms with Gasteiger partial charge in [0.15, 0.2) is 12.2 Å². The van der Waals surface area contributed by atoms with E-state index in [2.05, 4.69) is 41.5 Å². The highest BCUT2D eigenvalue weighted by Crippen LogP contribution is 2.45. The van der Waals surface area contributed by atoms with Crippen LogP contribution in [0.25, 0.3) is 0 Å². The van der Waals surface area contributed by atoms with Gasteiger partial charge in [0.1, 0.15) is 19.3 Å². The van der Waals surface area contributed by atoms with Crippen LogP contribution in [-0.2, 0) is 65.4 Å². The van der Waals surface area contributed by atoms with Crippen molar-refractivity contribution >= 4 is 39.5 Å². The second-order valence-corrected chi connectivity index (χ2v) is 31.6. The first-order valence-corrected chi connectivity index (χ1v) is 43.0. The molecule has 17 nitrogen and oxygen atoms in total. The monoisotopic (exact) mass is 1410 g/mol. The summed E-state index contributed by atoms with van der Waals surface area (Å²) in [7, 11) is -9.91. The molecule has 0 radical (unpaired) electrons. The zero-order valence-corrected chi connectivity index (χ0v) is 64.5. The Hall–Kier alpha value is -1.94. The highest BCUT2D eigenvalue weighted by molar-refractivity contribution is 7.47. The molecule has 0 fully saturated rings. The van der Waals surface area contributed by atoms with Crippen LogP contribution in [0.2, 0.25) is 0 Å². The Morgan fingerprint density at radius 3 is 0.708 bits per heavy atom. The molecule has 0 bridgehead atoms. The van der Waals surface area contributed by atoms with Gasteiger partial charge in [-0.25, -0.2) is 9.13 Å². The number of unbranched alkanes of at least 4 members (excludes halogenated alkanes) is 46. The second kappa shape index (κ2) is 68.8. The third kappa shape index (κ3) is 70.5. The van der Waals surface area contributed by atoms with Crippen molar-refractivity contribution in [1.29, 1.82) is 0 Å². The molecule has 0 spiro atoms. The Labute approximate surface area is 588 Å². The molecule has 0 heterocycles. The van der Waals surface area contributed by atoms with Gasteiger partial charge in [-0.2, -0.15) is 0 Å². The van der Waals surface area contributed by atoms with Gasteiger partial charge in [0.2, 0.25) is 0 Å². The van der Waals surface area contributed by atoms with Crippen LogP contribution in [0.4, 0.5) is 0 Å². The van der Waals surface area contributed by atoms with Crippen molar-refractivity contribution < 1.29 is 80.2 Å². The number of hydrogen-bond donors (Lipinski definition) is 3. The number of aliphatic hydroxyl groups is 1. The first-order valence-electron chi connectivity index (χ1n) is 40.0. The predicted octanol–water partition coefficient (Wildman–Crippen LogP) is 22.7. The van der Waals surface area contributed by atoms with Crippen molar-refractivity contribution in [2.45, 2.75) is 419 Å². The molecule has 2 unspecified atom stereocenters. The number of esters is 4. The number of ether oxygens (including phenoxy) is 4. The van der Waals surface area contributed by atoms with E-state index in [9.17, 15) is 43.2 Å². The van der Waals surface area contributed by atoms with E-state index < -0.39 is 97.5 Å². The van der Waals surface area contributed by atoms with Gasteiger partial charge in [0, 0.05) is 25.7 Å². The first kappa shape index (κ1) is 94.1. The van der Waals surface area contributed by atoms with E-state index in [-0.39, 0.29) is 25.7 Å². The fraction of sp³-hybridized carbons (Fsp3) is 0.948. The molecule has 0 aliphatic heterocycles. The van der Waals surface area contributed by atoms with E-state index in [4.69, 9.17) is 37.0 Å². The van der Waals surface area contributed by atoms with Crippen molar-refractivity contribution in [3.05, 3.63) is 0 Å². The van der Waals surface area contributed by atoms with E-state index in [1.807, 2.05) is 0 Å². The highest BCUT2D eigenvalue weighted by atomic mass is 31.2. The van der Waals surface area contributed by atoms with E-state index in [0.717, 1.165) is 102 Å². The van der Waals surface area contributed by atoms with Crippen molar-refractivity contribution in [3.8, 4) is 0 Å².